The summed E-state index contributed by atoms with van der Waals surface area (Å²) in [7, 11) is 0. The lowest BCUT2D eigenvalue weighted by Crippen LogP contribution is -2.32. The summed E-state index contributed by atoms with van der Waals surface area (Å²) in [4.78, 5) is 13.2. The fraction of sp³-hybridized carbons (Fsp3) is 0.462. The summed E-state index contributed by atoms with van der Waals surface area (Å²) in [6, 6.07) is 8.19. The van der Waals surface area contributed by atoms with Crippen LogP contribution in [-0.2, 0) is 4.79 Å². The number of benzene rings is 1. The van der Waals surface area contributed by atoms with Gasteiger partial charge in [0.05, 0.1) is 5.92 Å². The van der Waals surface area contributed by atoms with Crippen molar-refractivity contribution in [1.29, 1.82) is 0 Å². The second-order valence-corrected chi connectivity index (χ2v) is 5.60. The monoisotopic (exact) mass is 235 g/mol. The minimum Gasteiger partial charge on any atom is -0.355 e. The predicted octanol–water partition coefficient (Wildman–Crippen LogP) is 2.65. The molecule has 1 aliphatic heterocycles. The first kappa shape index (κ1) is 11.5. The van der Waals surface area contributed by atoms with Crippen LogP contribution in [0.3, 0.4) is 0 Å². The molecule has 1 atom stereocenters. The number of hydrogen-bond donors (Lipinski definition) is 1. The van der Waals surface area contributed by atoms with Crippen molar-refractivity contribution >= 4 is 17.7 Å². The molecule has 0 spiro atoms. The van der Waals surface area contributed by atoms with Crippen molar-refractivity contribution < 1.29 is 4.79 Å². The van der Waals surface area contributed by atoms with Crippen LogP contribution >= 0.6 is 11.8 Å². The van der Waals surface area contributed by atoms with Crippen LogP contribution < -0.4 is 5.32 Å². The van der Waals surface area contributed by atoms with E-state index in [1.165, 1.54) is 10.5 Å². The Hall–Kier alpha value is -0.960. The van der Waals surface area contributed by atoms with E-state index >= 15 is 0 Å². The van der Waals surface area contributed by atoms with Crippen molar-refractivity contribution in [2.24, 2.45) is 5.92 Å². The molecule has 1 aliphatic rings. The minimum atomic E-state index is 0.0416. The summed E-state index contributed by atoms with van der Waals surface area (Å²) < 4.78 is 0. The maximum Gasteiger partial charge on any atom is 0.228 e. The number of carbonyl (C=O) groups excluding carboxylic acids is 1. The molecule has 2 rings (SSSR count). The molecule has 0 saturated heterocycles. The van der Waals surface area contributed by atoms with Gasteiger partial charge in [-0.3, -0.25) is 4.79 Å². The van der Waals surface area contributed by atoms with E-state index in [0.717, 1.165) is 12.3 Å². The van der Waals surface area contributed by atoms with Crippen LogP contribution in [0.15, 0.2) is 29.2 Å². The molecule has 0 aromatic heterocycles. The molecular weight excluding hydrogens is 218 g/mol. The molecule has 2 nitrogen and oxygen atoms in total. The van der Waals surface area contributed by atoms with Crippen molar-refractivity contribution in [3.05, 3.63) is 29.8 Å². The number of carbonyl (C=O) groups is 1. The lowest BCUT2D eigenvalue weighted by Gasteiger charge is -2.12. The van der Waals surface area contributed by atoms with Crippen LogP contribution in [0.4, 0.5) is 0 Å². The second kappa shape index (κ2) is 4.91. The van der Waals surface area contributed by atoms with Crippen molar-refractivity contribution in [1.82, 2.24) is 5.32 Å². The maximum atomic E-state index is 12.0. The fourth-order valence-electron chi connectivity index (χ4n) is 1.81. The average molecular weight is 235 g/mol. The van der Waals surface area contributed by atoms with E-state index in [1.54, 1.807) is 11.8 Å². The van der Waals surface area contributed by atoms with Crippen molar-refractivity contribution in [2.75, 3.05) is 12.3 Å². The number of hydrogen-bond acceptors (Lipinski definition) is 2. The van der Waals surface area contributed by atoms with E-state index in [2.05, 4.69) is 31.3 Å². The van der Waals surface area contributed by atoms with Crippen LogP contribution in [0.2, 0.25) is 0 Å². The van der Waals surface area contributed by atoms with Gasteiger partial charge in [-0.1, -0.05) is 32.0 Å². The van der Waals surface area contributed by atoms with E-state index in [9.17, 15) is 4.79 Å². The Morgan fingerprint density at radius 2 is 2.25 bits per heavy atom. The summed E-state index contributed by atoms with van der Waals surface area (Å²) >= 11 is 1.78. The molecule has 16 heavy (non-hydrogen) atoms. The van der Waals surface area contributed by atoms with Crippen LogP contribution in [0.25, 0.3) is 0 Å². The van der Waals surface area contributed by atoms with E-state index in [1.807, 2.05) is 12.1 Å². The van der Waals surface area contributed by atoms with Crippen LogP contribution in [0.5, 0.6) is 0 Å². The maximum absolute atomic E-state index is 12.0. The van der Waals surface area contributed by atoms with Gasteiger partial charge < -0.3 is 5.32 Å². The molecule has 0 bridgehead atoms. The van der Waals surface area contributed by atoms with E-state index in [4.69, 9.17) is 0 Å². The van der Waals surface area contributed by atoms with Gasteiger partial charge in [-0.15, -0.1) is 11.8 Å². The Morgan fingerprint density at radius 3 is 3.00 bits per heavy atom. The smallest absolute Gasteiger partial charge is 0.228 e. The third kappa shape index (κ3) is 2.40. The van der Waals surface area contributed by atoms with Gasteiger partial charge in [0, 0.05) is 17.2 Å². The highest BCUT2D eigenvalue weighted by Gasteiger charge is 2.28. The Morgan fingerprint density at radius 1 is 1.50 bits per heavy atom. The van der Waals surface area contributed by atoms with Gasteiger partial charge in [-0.2, -0.15) is 0 Å². The molecule has 0 fully saturated rings. The third-order valence-corrected chi connectivity index (χ3v) is 3.88. The van der Waals surface area contributed by atoms with E-state index in [-0.39, 0.29) is 11.8 Å². The topological polar surface area (TPSA) is 29.1 Å². The van der Waals surface area contributed by atoms with Crippen LogP contribution in [-0.4, -0.2) is 18.2 Å². The molecule has 86 valence electrons. The Balaban J connectivity index is 2.04. The van der Waals surface area contributed by atoms with Gasteiger partial charge in [-0.25, -0.2) is 0 Å². The molecule has 1 unspecified atom stereocenters. The molecule has 3 heteroatoms. The van der Waals surface area contributed by atoms with Crippen molar-refractivity contribution in [3.8, 4) is 0 Å². The standard InChI is InChI=1S/C13H17NOS/c1-9(2)7-14-13(15)11-8-16-12-6-4-3-5-10(11)12/h3-6,9,11H,7-8H2,1-2H3,(H,14,15). The van der Waals surface area contributed by atoms with Crippen LogP contribution in [0, 0.1) is 5.92 Å². The quantitative estimate of drug-likeness (QED) is 0.872. The van der Waals surface area contributed by atoms with Gasteiger partial charge in [-0.05, 0) is 17.5 Å². The highest BCUT2D eigenvalue weighted by atomic mass is 32.2. The lowest BCUT2D eigenvalue weighted by atomic mass is 10.0. The molecular formula is C13H17NOS. The summed E-state index contributed by atoms with van der Waals surface area (Å²) in [6.07, 6.45) is 0. The number of nitrogens with one attached hydrogen (secondary N) is 1. The third-order valence-electron chi connectivity index (χ3n) is 2.70. The predicted molar refractivity (Wildman–Crippen MR) is 67.8 cm³/mol. The molecule has 1 aromatic rings. The zero-order valence-corrected chi connectivity index (χ0v) is 10.5. The summed E-state index contributed by atoms with van der Waals surface area (Å²) in [5, 5.41) is 3.01. The fourth-order valence-corrected chi connectivity index (χ4v) is 3.04. The first-order valence-electron chi connectivity index (χ1n) is 5.68. The largest absolute Gasteiger partial charge is 0.355 e. The van der Waals surface area contributed by atoms with E-state index in [0.29, 0.717) is 5.92 Å². The first-order valence-corrected chi connectivity index (χ1v) is 6.66. The van der Waals surface area contributed by atoms with Crippen molar-refractivity contribution in [2.45, 2.75) is 24.7 Å². The van der Waals surface area contributed by atoms with Gasteiger partial charge in [0.1, 0.15) is 0 Å². The molecule has 1 N–H and O–H groups in total. The van der Waals surface area contributed by atoms with Gasteiger partial charge >= 0.3 is 0 Å². The van der Waals surface area contributed by atoms with Gasteiger partial charge in [0.15, 0.2) is 0 Å². The normalized spacial score (nSPS) is 18.6. The number of rotatable bonds is 3. The van der Waals surface area contributed by atoms with E-state index < -0.39 is 0 Å². The number of amides is 1. The highest BCUT2D eigenvalue weighted by Crippen LogP contribution is 2.39. The summed E-state index contributed by atoms with van der Waals surface area (Å²) in [6.45, 7) is 4.98. The average Bonchev–Trinajstić information content (AvgIpc) is 2.69. The second-order valence-electron chi connectivity index (χ2n) is 4.54. The zero-order chi connectivity index (χ0) is 11.5. The Labute approximate surface area is 101 Å². The molecule has 0 aliphatic carbocycles. The SMILES string of the molecule is CC(C)CNC(=O)C1CSc2ccccc21. The Bertz CT molecular complexity index is 389. The molecule has 0 saturated carbocycles. The van der Waals surface area contributed by atoms with Gasteiger partial charge in [0.2, 0.25) is 5.91 Å². The molecule has 1 aromatic carbocycles. The molecule has 1 amide bonds. The highest BCUT2D eigenvalue weighted by molar-refractivity contribution is 7.99. The number of thioether (sulfide) groups is 1. The van der Waals surface area contributed by atoms with Crippen molar-refractivity contribution in [3.63, 3.8) is 0 Å². The van der Waals surface area contributed by atoms with Crippen LogP contribution in [0.1, 0.15) is 25.3 Å². The summed E-state index contributed by atoms with van der Waals surface area (Å²) in [5.74, 6) is 1.60. The minimum absolute atomic E-state index is 0.0416. The molecule has 0 radical (unpaired) electrons. The number of fused-ring (bicyclic) bond motifs is 1. The zero-order valence-electron chi connectivity index (χ0n) is 9.69. The Kier molecular flexibility index (Phi) is 3.54. The summed E-state index contributed by atoms with van der Waals surface area (Å²) in [5.41, 5.74) is 1.19. The molecule has 1 heterocycles. The lowest BCUT2D eigenvalue weighted by molar-refractivity contribution is -0.122. The first-order chi connectivity index (χ1) is 7.68. The van der Waals surface area contributed by atoms with Gasteiger partial charge in [0.25, 0.3) is 0 Å².